The molecule has 3 heteroatoms. The van der Waals surface area contributed by atoms with Crippen molar-refractivity contribution in [3.8, 4) is 0 Å². The number of aryl methyl sites for hydroxylation is 2. The Morgan fingerprint density at radius 1 is 1.33 bits per heavy atom. The zero-order valence-electron chi connectivity index (χ0n) is 11.8. The van der Waals surface area contributed by atoms with Crippen molar-refractivity contribution < 1.29 is 4.79 Å². The Morgan fingerprint density at radius 3 is 2.39 bits per heavy atom. The van der Waals surface area contributed by atoms with Crippen LogP contribution in [-0.2, 0) is 4.79 Å². The number of amides is 1. The second kappa shape index (κ2) is 6.43. The molecule has 1 aromatic carbocycles. The summed E-state index contributed by atoms with van der Waals surface area (Å²) < 4.78 is 0. The Balaban J connectivity index is 2.76. The van der Waals surface area contributed by atoms with Gasteiger partial charge in [-0.25, -0.2) is 0 Å². The fourth-order valence-electron chi connectivity index (χ4n) is 2.08. The molecule has 0 aliphatic heterocycles. The fraction of sp³-hybridized carbons (Fsp3) is 0.533. The Bertz CT molecular complexity index is 403. The van der Waals surface area contributed by atoms with Gasteiger partial charge in [0.15, 0.2) is 0 Å². The lowest BCUT2D eigenvalue weighted by Gasteiger charge is -2.16. The van der Waals surface area contributed by atoms with E-state index >= 15 is 0 Å². The molecule has 0 aliphatic rings. The summed E-state index contributed by atoms with van der Waals surface area (Å²) in [6.45, 7) is 8.05. The minimum atomic E-state index is 0.0568. The monoisotopic (exact) mass is 248 g/mol. The lowest BCUT2D eigenvalue weighted by Crippen LogP contribution is -2.21. The first-order valence-corrected chi connectivity index (χ1v) is 6.63. The molecule has 1 aromatic rings. The van der Waals surface area contributed by atoms with Gasteiger partial charge in [-0.15, -0.1) is 0 Å². The van der Waals surface area contributed by atoms with Crippen LogP contribution in [0.25, 0.3) is 0 Å². The number of hydrogen-bond donors (Lipinski definition) is 2. The summed E-state index contributed by atoms with van der Waals surface area (Å²) in [7, 11) is 0. The van der Waals surface area contributed by atoms with Gasteiger partial charge in [-0.05, 0) is 43.5 Å². The van der Waals surface area contributed by atoms with E-state index in [9.17, 15) is 4.79 Å². The summed E-state index contributed by atoms with van der Waals surface area (Å²) in [5.74, 6) is 0.153. The van der Waals surface area contributed by atoms with E-state index in [-0.39, 0.29) is 11.8 Å². The normalized spacial score (nSPS) is 12.2. The van der Waals surface area contributed by atoms with Crippen molar-refractivity contribution in [2.75, 3.05) is 11.1 Å². The number of hydrogen-bond acceptors (Lipinski definition) is 2. The highest BCUT2D eigenvalue weighted by Crippen LogP contribution is 2.24. The van der Waals surface area contributed by atoms with Gasteiger partial charge in [0.25, 0.3) is 0 Å². The molecule has 0 saturated carbocycles. The molecule has 0 bridgehead atoms. The predicted octanol–water partition coefficient (Wildman–Crippen LogP) is 3.65. The summed E-state index contributed by atoms with van der Waals surface area (Å²) >= 11 is 0. The second-order valence-electron chi connectivity index (χ2n) is 5.06. The SMILES string of the molecule is CCCCC(C)C(=O)Nc1c(C)cc(N)cc1C. The smallest absolute Gasteiger partial charge is 0.227 e. The van der Waals surface area contributed by atoms with Crippen LogP contribution in [-0.4, -0.2) is 5.91 Å². The maximum absolute atomic E-state index is 12.1. The number of anilines is 2. The average molecular weight is 248 g/mol. The number of nitrogens with one attached hydrogen (secondary N) is 1. The Labute approximate surface area is 110 Å². The lowest BCUT2D eigenvalue weighted by atomic mass is 10.0. The molecule has 0 aliphatic carbocycles. The predicted molar refractivity (Wildman–Crippen MR) is 77.6 cm³/mol. The van der Waals surface area contributed by atoms with Crippen LogP contribution in [0.1, 0.15) is 44.2 Å². The van der Waals surface area contributed by atoms with Crippen molar-refractivity contribution in [2.45, 2.75) is 47.0 Å². The van der Waals surface area contributed by atoms with Gasteiger partial charge in [0.2, 0.25) is 5.91 Å². The van der Waals surface area contributed by atoms with Gasteiger partial charge in [-0.3, -0.25) is 4.79 Å². The minimum absolute atomic E-state index is 0.0568. The van der Waals surface area contributed by atoms with Crippen LogP contribution < -0.4 is 11.1 Å². The molecule has 3 N–H and O–H groups in total. The highest BCUT2D eigenvalue weighted by atomic mass is 16.1. The van der Waals surface area contributed by atoms with Gasteiger partial charge >= 0.3 is 0 Å². The molecule has 0 fully saturated rings. The molecule has 0 radical (unpaired) electrons. The van der Waals surface area contributed by atoms with E-state index in [0.717, 1.165) is 41.8 Å². The molecular formula is C15H24N2O. The van der Waals surface area contributed by atoms with Crippen molar-refractivity contribution in [3.05, 3.63) is 23.3 Å². The van der Waals surface area contributed by atoms with Gasteiger partial charge in [0.05, 0.1) is 0 Å². The molecule has 0 aromatic heterocycles. The second-order valence-corrected chi connectivity index (χ2v) is 5.06. The lowest BCUT2D eigenvalue weighted by molar-refractivity contribution is -0.119. The summed E-state index contributed by atoms with van der Waals surface area (Å²) in [5, 5.41) is 3.02. The van der Waals surface area contributed by atoms with Crippen LogP contribution in [0.2, 0.25) is 0 Å². The third kappa shape index (κ3) is 3.76. The van der Waals surface area contributed by atoms with Crippen molar-refractivity contribution in [2.24, 2.45) is 5.92 Å². The first-order chi connectivity index (χ1) is 8.45. The van der Waals surface area contributed by atoms with Crippen LogP contribution in [0.3, 0.4) is 0 Å². The zero-order chi connectivity index (χ0) is 13.7. The molecule has 3 nitrogen and oxygen atoms in total. The number of rotatable bonds is 5. The average Bonchev–Trinajstić information content (AvgIpc) is 2.30. The Hall–Kier alpha value is -1.51. The maximum Gasteiger partial charge on any atom is 0.227 e. The molecule has 0 saturated heterocycles. The summed E-state index contributed by atoms with van der Waals surface area (Å²) in [6, 6.07) is 3.78. The van der Waals surface area contributed by atoms with Crippen LogP contribution in [0, 0.1) is 19.8 Å². The number of nitrogens with two attached hydrogens (primary N) is 1. The quantitative estimate of drug-likeness (QED) is 0.781. The highest BCUT2D eigenvalue weighted by Gasteiger charge is 2.14. The van der Waals surface area contributed by atoms with Crippen LogP contribution in [0.15, 0.2) is 12.1 Å². The van der Waals surface area contributed by atoms with E-state index < -0.39 is 0 Å². The molecular weight excluding hydrogens is 224 g/mol. The molecule has 0 spiro atoms. The van der Waals surface area contributed by atoms with Crippen LogP contribution in [0.4, 0.5) is 11.4 Å². The number of carbonyl (C=O) groups excluding carboxylic acids is 1. The molecule has 1 rings (SSSR count). The number of carbonyl (C=O) groups is 1. The third-order valence-corrected chi connectivity index (χ3v) is 3.24. The first kappa shape index (κ1) is 14.6. The van der Waals surface area contributed by atoms with Crippen molar-refractivity contribution in [1.82, 2.24) is 0 Å². The summed E-state index contributed by atoms with van der Waals surface area (Å²) in [5.41, 5.74) is 9.44. The maximum atomic E-state index is 12.1. The molecule has 18 heavy (non-hydrogen) atoms. The number of unbranched alkanes of at least 4 members (excludes halogenated alkanes) is 1. The van der Waals surface area contributed by atoms with E-state index in [1.165, 1.54) is 0 Å². The third-order valence-electron chi connectivity index (χ3n) is 3.24. The van der Waals surface area contributed by atoms with Crippen molar-refractivity contribution in [1.29, 1.82) is 0 Å². The summed E-state index contributed by atoms with van der Waals surface area (Å²) in [4.78, 5) is 12.1. The molecule has 100 valence electrons. The van der Waals surface area contributed by atoms with Gasteiger partial charge < -0.3 is 11.1 Å². The van der Waals surface area contributed by atoms with E-state index in [0.29, 0.717) is 0 Å². The van der Waals surface area contributed by atoms with E-state index in [4.69, 9.17) is 5.73 Å². The molecule has 1 amide bonds. The standard InChI is InChI=1S/C15H24N2O/c1-5-6-7-10(2)15(18)17-14-11(3)8-13(16)9-12(14)4/h8-10H,5-7,16H2,1-4H3,(H,17,18). The number of nitrogen functional groups attached to an aromatic ring is 1. The molecule has 1 unspecified atom stereocenters. The number of benzene rings is 1. The van der Waals surface area contributed by atoms with Crippen LogP contribution in [0.5, 0.6) is 0 Å². The van der Waals surface area contributed by atoms with E-state index in [1.54, 1.807) is 0 Å². The van der Waals surface area contributed by atoms with Gasteiger partial charge in [-0.1, -0.05) is 26.7 Å². The van der Waals surface area contributed by atoms with E-state index in [2.05, 4.69) is 12.2 Å². The highest BCUT2D eigenvalue weighted by molar-refractivity contribution is 5.94. The molecule has 1 atom stereocenters. The van der Waals surface area contributed by atoms with E-state index in [1.807, 2.05) is 32.9 Å². The van der Waals surface area contributed by atoms with Crippen molar-refractivity contribution >= 4 is 17.3 Å². The minimum Gasteiger partial charge on any atom is -0.399 e. The Kier molecular flexibility index (Phi) is 5.20. The van der Waals surface area contributed by atoms with Gasteiger partial charge in [-0.2, -0.15) is 0 Å². The zero-order valence-corrected chi connectivity index (χ0v) is 11.8. The topological polar surface area (TPSA) is 55.1 Å². The fourth-order valence-corrected chi connectivity index (χ4v) is 2.08. The molecule has 0 heterocycles. The van der Waals surface area contributed by atoms with Gasteiger partial charge in [0.1, 0.15) is 0 Å². The van der Waals surface area contributed by atoms with Crippen molar-refractivity contribution in [3.63, 3.8) is 0 Å². The first-order valence-electron chi connectivity index (χ1n) is 6.63. The van der Waals surface area contributed by atoms with Crippen LogP contribution >= 0.6 is 0 Å². The largest absolute Gasteiger partial charge is 0.399 e. The Morgan fingerprint density at radius 2 is 1.89 bits per heavy atom. The van der Waals surface area contributed by atoms with Gasteiger partial charge in [0, 0.05) is 17.3 Å². The summed E-state index contributed by atoms with van der Waals surface area (Å²) in [6.07, 6.45) is 3.15.